The summed E-state index contributed by atoms with van der Waals surface area (Å²) in [5.74, 6) is 4.55. The summed E-state index contributed by atoms with van der Waals surface area (Å²) >= 11 is 3.26. The summed E-state index contributed by atoms with van der Waals surface area (Å²) in [5.41, 5.74) is 3.03. The Labute approximate surface area is 112 Å². The van der Waals surface area contributed by atoms with E-state index in [0.717, 1.165) is 0 Å². The minimum Gasteiger partial charge on any atom is -0.271 e. The lowest BCUT2D eigenvalue weighted by molar-refractivity contribution is 0.531. The van der Waals surface area contributed by atoms with E-state index < -0.39 is 17.7 Å². The van der Waals surface area contributed by atoms with Gasteiger partial charge in [-0.25, -0.2) is 14.2 Å². The number of hydrogen-bond acceptors (Lipinski definition) is 2. The molecule has 0 fully saturated rings. The highest BCUT2D eigenvalue weighted by atomic mass is 79.9. The molecule has 2 nitrogen and oxygen atoms in total. The Hall–Kier alpha value is -1.30. The van der Waals surface area contributed by atoms with Crippen LogP contribution >= 0.6 is 15.9 Å². The molecule has 94 valence electrons. The molecule has 0 spiro atoms. The van der Waals surface area contributed by atoms with Gasteiger partial charge in [0.1, 0.15) is 11.6 Å². The molecule has 18 heavy (non-hydrogen) atoms. The van der Waals surface area contributed by atoms with E-state index in [1.165, 1.54) is 12.1 Å². The Kier molecular flexibility index (Phi) is 4.06. The minimum atomic E-state index is -0.733. The van der Waals surface area contributed by atoms with E-state index in [1.807, 2.05) is 0 Å². The molecule has 0 heterocycles. The van der Waals surface area contributed by atoms with Crippen molar-refractivity contribution in [2.24, 2.45) is 5.84 Å². The summed E-state index contributed by atoms with van der Waals surface area (Å²) in [6, 6.07) is 9.87. The Balaban J connectivity index is 2.52. The molecule has 5 heteroatoms. The average Bonchev–Trinajstić information content (AvgIpc) is 2.36. The van der Waals surface area contributed by atoms with Gasteiger partial charge in [-0.05, 0) is 24.3 Å². The first kappa shape index (κ1) is 13.1. The van der Waals surface area contributed by atoms with Crippen LogP contribution in [0.5, 0.6) is 0 Å². The van der Waals surface area contributed by atoms with Gasteiger partial charge in [0.15, 0.2) is 0 Å². The molecule has 0 amide bonds. The second-order valence-corrected chi connectivity index (χ2v) is 4.70. The quantitative estimate of drug-likeness (QED) is 0.674. The van der Waals surface area contributed by atoms with E-state index in [9.17, 15) is 8.78 Å². The van der Waals surface area contributed by atoms with Crippen LogP contribution in [0.3, 0.4) is 0 Å². The first-order valence-electron chi connectivity index (χ1n) is 5.29. The maximum absolute atomic E-state index is 13.8. The molecular weight excluding hydrogens is 302 g/mol. The number of rotatable bonds is 3. The molecule has 0 radical (unpaired) electrons. The van der Waals surface area contributed by atoms with E-state index >= 15 is 0 Å². The van der Waals surface area contributed by atoms with Gasteiger partial charge in [0.25, 0.3) is 0 Å². The van der Waals surface area contributed by atoms with Crippen LogP contribution in [-0.4, -0.2) is 0 Å². The van der Waals surface area contributed by atoms with Crippen molar-refractivity contribution in [3.63, 3.8) is 0 Å². The van der Waals surface area contributed by atoms with Crippen molar-refractivity contribution < 1.29 is 8.78 Å². The van der Waals surface area contributed by atoms with Gasteiger partial charge in [-0.3, -0.25) is 5.84 Å². The lowest BCUT2D eigenvalue weighted by Crippen LogP contribution is -2.30. The van der Waals surface area contributed by atoms with Crippen molar-refractivity contribution >= 4 is 15.9 Å². The van der Waals surface area contributed by atoms with Gasteiger partial charge in [-0.1, -0.05) is 34.1 Å². The van der Waals surface area contributed by atoms with Gasteiger partial charge in [0.05, 0.1) is 6.04 Å². The molecule has 0 aliphatic heterocycles. The van der Waals surface area contributed by atoms with E-state index in [-0.39, 0.29) is 5.56 Å². The van der Waals surface area contributed by atoms with Crippen LogP contribution in [0.4, 0.5) is 8.78 Å². The molecular formula is C13H11BrF2N2. The fourth-order valence-corrected chi connectivity index (χ4v) is 2.17. The topological polar surface area (TPSA) is 38.0 Å². The molecule has 0 aliphatic rings. The van der Waals surface area contributed by atoms with Crippen LogP contribution in [0.2, 0.25) is 0 Å². The molecule has 0 saturated carbocycles. The fourth-order valence-electron chi connectivity index (χ4n) is 1.79. The normalized spacial score (nSPS) is 12.4. The van der Waals surface area contributed by atoms with Gasteiger partial charge in [-0.2, -0.15) is 0 Å². The predicted molar refractivity (Wildman–Crippen MR) is 69.7 cm³/mol. The third-order valence-corrected chi connectivity index (χ3v) is 3.15. The lowest BCUT2D eigenvalue weighted by atomic mass is 9.98. The Morgan fingerprint density at radius 1 is 1.00 bits per heavy atom. The van der Waals surface area contributed by atoms with Crippen LogP contribution < -0.4 is 11.3 Å². The molecule has 3 N–H and O–H groups in total. The first-order valence-corrected chi connectivity index (χ1v) is 6.08. The zero-order valence-electron chi connectivity index (χ0n) is 9.33. The Morgan fingerprint density at radius 2 is 1.67 bits per heavy atom. The molecule has 2 aromatic carbocycles. The highest BCUT2D eigenvalue weighted by Crippen LogP contribution is 2.27. The van der Waals surface area contributed by atoms with Crippen LogP contribution in [0, 0.1) is 11.6 Å². The summed E-state index contributed by atoms with van der Waals surface area (Å²) in [7, 11) is 0. The van der Waals surface area contributed by atoms with E-state index in [2.05, 4.69) is 21.4 Å². The standard InChI is InChI=1S/C13H11BrF2N2/c14-8-5-6-12(16)10(7-8)13(18-17)9-3-1-2-4-11(9)15/h1-7,13,18H,17H2. The molecule has 2 rings (SSSR count). The molecule has 1 atom stereocenters. The Morgan fingerprint density at radius 3 is 2.33 bits per heavy atom. The summed E-state index contributed by atoms with van der Waals surface area (Å²) in [5, 5.41) is 0. The summed E-state index contributed by atoms with van der Waals surface area (Å²) in [6.45, 7) is 0. The van der Waals surface area contributed by atoms with E-state index in [1.54, 1.807) is 30.3 Å². The Bertz CT molecular complexity index is 560. The number of nitrogens with two attached hydrogens (primary N) is 1. The van der Waals surface area contributed by atoms with Crippen LogP contribution in [0.25, 0.3) is 0 Å². The number of hydrogen-bond donors (Lipinski definition) is 2. The monoisotopic (exact) mass is 312 g/mol. The van der Waals surface area contributed by atoms with Crippen LogP contribution in [0.15, 0.2) is 46.9 Å². The maximum atomic E-state index is 13.8. The van der Waals surface area contributed by atoms with Crippen molar-refractivity contribution in [2.45, 2.75) is 6.04 Å². The summed E-state index contributed by atoms with van der Waals surface area (Å²) in [4.78, 5) is 0. The van der Waals surface area contributed by atoms with Crippen LogP contribution in [-0.2, 0) is 0 Å². The summed E-state index contributed by atoms with van der Waals surface area (Å²) in [6.07, 6.45) is 0. The maximum Gasteiger partial charge on any atom is 0.128 e. The number of benzene rings is 2. The third kappa shape index (κ3) is 2.58. The molecule has 0 aliphatic carbocycles. The molecule has 1 unspecified atom stereocenters. The fraction of sp³-hybridized carbons (Fsp3) is 0.0769. The SMILES string of the molecule is NNC(c1ccccc1F)c1cc(Br)ccc1F. The smallest absolute Gasteiger partial charge is 0.128 e. The van der Waals surface area contributed by atoms with Gasteiger partial charge in [0.2, 0.25) is 0 Å². The summed E-state index contributed by atoms with van der Waals surface area (Å²) < 4.78 is 28.2. The second kappa shape index (κ2) is 5.56. The number of halogens is 3. The van der Waals surface area contributed by atoms with Crippen molar-refractivity contribution in [1.29, 1.82) is 0 Å². The molecule has 0 bridgehead atoms. The number of nitrogens with one attached hydrogen (secondary N) is 1. The predicted octanol–water partition coefficient (Wildman–Crippen LogP) is 3.28. The van der Waals surface area contributed by atoms with Crippen molar-refractivity contribution in [1.82, 2.24) is 5.43 Å². The van der Waals surface area contributed by atoms with E-state index in [0.29, 0.717) is 10.0 Å². The van der Waals surface area contributed by atoms with Crippen LogP contribution in [0.1, 0.15) is 17.2 Å². The van der Waals surface area contributed by atoms with Crippen molar-refractivity contribution in [2.75, 3.05) is 0 Å². The number of hydrazine groups is 1. The molecule has 0 aromatic heterocycles. The zero-order chi connectivity index (χ0) is 13.1. The highest BCUT2D eigenvalue weighted by Gasteiger charge is 2.19. The molecule has 2 aromatic rings. The first-order chi connectivity index (χ1) is 8.63. The van der Waals surface area contributed by atoms with Crippen molar-refractivity contribution in [3.05, 3.63) is 69.7 Å². The second-order valence-electron chi connectivity index (χ2n) is 3.79. The van der Waals surface area contributed by atoms with Gasteiger partial charge >= 0.3 is 0 Å². The third-order valence-electron chi connectivity index (χ3n) is 2.65. The lowest BCUT2D eigenvalue weighted by Gasteiger charge is -2.18. The van der Waals surface area contributed by atoms with Gasteiger partial charge < -0.3 is 0 Å². The average molecular weight is 313 g/mol. The molecule has 0 saturated heterocycles. The van der Waals surface area contributed by atoms with Gasteiger partial charge in [0, 0.05) is 15.6 Å². The largest absolute Gasteiger partial charge is 0.271 e. The van der Waals surface area contributed by atoms with E-state index in [4.69, 9.17) is 5.84 Å². The van der Waals surface area contributed by atoms with Gasteiger partial charge in [-0.15, -0.1) is 0 Å². The minimum absolute atomic E-state index is 0.289. The van der Waals surface area contributed by atoms with Crippen molar-refractivity contribution in [3.8, 4) is 0 Å². The highest BCUT2D eigenvalue weighted by molar-refractivity contribution is 9.10. The zero-order valence-corrected chi connectivity index (χ0v) is 10.9.